The fraction of sp³-hybridized carbons (Fsp3) is 0.259. The topological polar surface area (TPSA) is 89.3 Å². The number of ketones is 1. The highest BCUT2D eigenvalue weighted by molar-refractivity contribution is 9.10. The number of carbonyl (C=O) groups is 2. The fourth-order valence-corrected chi connectivity index (χ4v) is 4.13. The van der Waals surface area contributed by atoms with Gasteiger partial charge in [-0.05, 0) is 65.9 Å². The van der Waals surface area contributed by atoms with Gasteiger partial charge in [0, 0.05) is 23.4 Å². The summed E-state index contributed by atoms with van der Waals surface area (Å²) in [6, 6.07) is 18.1. The summed E-state index contributed by atoms with van der Waals surface area (Å²) in [4.78, 5) is 29.0. The Kier molecular flexibility index (Phi) is 9.83. The minimum Gasteiger partial charge on any atom is -0.473 e. The lowest BCUT2D eigenvalue weighted by Gasteiger charge is -2.12. The van der Waals surface area contributed by atoms with Crippen LogP contribution in [0.25, 0.3) is 0 Å². The van der Waals surface area contributed by atoms with E-state index in [1.165, 1.54) is 0 Å². The molecule has 3 aromatic rings. The molecule has 0 fully saturated rings. The minimum absolute atomic E-state index is 0.0179. The van der Waals surface area contributed by atoms with E-state index < -0.39 is 0 Å². The van der Waals surface area contributed by atoms with Gasteiger partial charge >= 0.3 is 5.97 Å². The van der Waals surface area contributed by atoms with E-state index in [4.69, 9.17) is 21.1 Å². The molecule has 0 atom stereocenters. The Morgan fingerprint density at radius 1 is 1.03 bits per heavy atom. The first-order valence-corrected chi connectivity index (χ1v) is 12.3. The van der Waals surface area contributed by atoms with Gasteiger partial charge in [0.2, 0.25) is 5.88 Å². The lowest BCUT2D eigenvalue weighted by atomic mass is 9.95. The predicted octanol–water partition coefficient (Wildman–Crippen LogP) is 5.80. The SMILES string of the molecule is CCOC(=O)Cc1ccc(Br)cc1CCC(=O)Cc1cc(C#N)ccc1COc1cccc(Cl)n1. The predicted molar refractivity (Wildman–Crippen MR) is 136 cm³/mol. The molecule has 0 radical (unpaired) electrons. The second kappa shape index (κ2) is 13.0. The van der Waals surface area contributed by atoms with E-state index in [2.05, 4.69) is 27.0 Å². The van der Waals surface area contributed by atoms with E-state index in [-0.39, 0.29) is 31.2 Å². The highest BCUT2D eigenvalue weighted by Gasteiger charge is 2.14. The molecule has 0 spiro atoms. The van der Waals surface area contributed by atoms with Crippen molar-refractivity contribution in [1.29, 1.82) is 5.26 Å². The van der Waals surface area contributed by atoms with Crippen LogP contribution in [0.4, 0.5) is 0 Å². The van der Waals surface area contributed by atoms with Gasteiger partial charge in [0.1, 0.15) is 17.5 Å². The second-order valence-corrected chi connectivity index (χ2v) is 9.10. The van der Waals surface area contributed by atoms with Crippen molar-refractivity contribution in [3.63, 3.8) is 0 Å². The van der Waals surface area contributed by atoms with Crippen molar-refractivity contribution in [1.82, 2.24) is 4.98 Å². The van der Waals surface area contributed by atoms with Gasteiger partial charge in [0.15, 0.2) is 0 Å². The Labute approximate surface area is 218 Å². The zero-order valence-corrected chi connectivity index (χ0v) is 21.6. The lowest BCUT2D eigenvalue weighted by molar-refractivity contribution is -0.142. The Morgan fingerprint density at radius 2 is 1.83 bits per heavy atom. The average Bonchev–Trinajstić information content (AvgIpc) is 2.83. The molecule has 1 aromatic heterocycles. The summed E-state index contributed by atoms with van der Waals surface area (Å²) in [5, 5.41) is 9.64. The van der Waals surface area contributed by atoms with E-state index in [1.54, 1.807) is 43.3 Å². The summed E-state index contributed by atoms with van der Waals surface area (Å²) in [5.41, 5.74) is 3.76. The quantitative estimate of drug-likeness (QED) is 0.219. The Balaban J connectivity index is 1.69. The number of aromatic nitrogens is 1. The number of rotatable bonds is 11. The van der Waals surface area contributed by atoms with Gasteiger partial charge in [-0.25, -0.2) is 4.98 Å². The number of benzene rings is 2. The Hall–Kier alpha value is -3.21. The number of esters is 1. The Morgan fingerprint density at radius 3 is 2.57 bits per heavy atom. The van der Waals surface area contributed by atoms with Crippen LogP contribution in [0.1, 0.15) is 41.2 Å². The molecule has 0 saturated carbocycles. The molecule has 0 aliphatic rings. The van der Waals surface area contributed by atoms with Crippen molar-refractivity contribution in [3.8, 4) is 11.9 Å². The number of aryl methyl sites for hydroxylation is 1. The van der Waals surface area contributed by atoms with Gasteiger partial charge in [-0.15, -0.1) is 0 Å². The molecule has 0 unspecified atom stereocenters. The summed E-state index contributed by atoms with van der Waals surface area (Å²) in [6.07, 6.45) is 1.11. The van der Waals surface area contributed by atoms with Gasteiger partial charge in [-0.1, -0.05) is 45.7 Å². The number of halogens is 2. The highest BCUT2D eigenvalue weighted by Crippen LogP contribution is 2.21. The molecular weight excluding hydrogens is 532 g/mol. The molecule has 3 rings (SSSR count). The number of hydrogen-bond donors (Lipinski definition) is 0. The number of carbonyl (C=O) groups excluding carboxylic acids is 2. The monoisotopic (exact) mass is 554 g/mol. The summed E-state index contributed by atoms with van der Waals surface area (Å²) < 4.78 is 11.7. The standard InChI is InChI=1S/C27H24BrClN2O4/c1-2-34-27(33)15-20-8-10-23(28)13-19(20)9-11-24(32)14-22-12-18(16-30)6-7-21(22)17-35-26-5-3-4-25(29)31-26/h3-8,10,12-13H,2,9,11,14-15,17H2,1H3. The maximum atomic E-state index is 12.9. The maximum Gasteiger partial charge on any atom is 0.310 e. The van der Waals surface area contributed by atoms with Crippen LogP contribution in [0.3, 0.4) is 0 Å². The molecule has 1 heterocycles. The normalized spacial score (nSPS) is 10.5. The summed E-state index contributed by atoms with van der Waals surface area (Å²) in [6.45, 7) is 2.28. The van der Waals surface area contributed by atoms with Crippen molar-refractivity contribution in [3.05, 3.63) is 92.0 Å². The van der Waals surface area contributed by atoms with E-state index in [1.807, 2.05) is 18.2 Å². The van der Waals surface area contributed by atoms with Gasteiger partial charge in [-0.2, -0.15) is 5.26 Å². The number of hydrogen-bond acceptors (Lipinski definition) is 6. The average molecular weight is 556 g/mol. The lowest BCUT2D eigenvalue weighted by Crippen LogP contribution is -2.11. The van der Waals surface area contributed by atoms with Crippen molar-refractivity contribution in [2.45, 2.75) is 39.2 Å². The third-order valence-electron chi connectivity index (χ3n) is 5.27. The van der Waals surface area contributed by atoms with Gasteiger partial charge in [0.25, 0.3) is 0 Å². The molecule has 180 valence electrons. The van der Waals surface area contributed by atoms with Crippen LogP contribution >= 0.6 is 27.5 Å². The zero-order chi connectivity index (χ0) is 25.2. The molecule has 0 bridgehead atoms. The second-order valence-electron chi connectivity index (χ2n) is 7.79. The van der Waals surface area contributed by atoms with E-state index in [9.17, 15) is 14.9 Å². The van der Waals surface area contributed by atoms with Crippen LogP contribution < -0.4 is 4.74 Å². The highest BCUT2D eigenvalue weighted by atomic mass is 79.9. The van der Waals surface area contributed by atoms with Crippen LogP contribution in [0, 0.1) is 11.3 Å². The molecule has 35 heavy (non-hydrogen) atoms. The number of pyridine rings is 1. The van der Waals surface area contributed by atoms with Gasteiger partial charge < -0.3 is 9.47 Å². The van der Waals surface area contributed by atoms with Crippen molar-refractivity contribution >= 4 is 39.3 Å². The first kappa shape index (κ1) is 26.4. The summed E-state index contributed by atoms with van der Waals surface area (Å²) in [7, 11) is 0. The third-order valence-corrected chi connectivity index (χ3v) is 5.97. The summed E-state index contributed by atoms with van der Waals surface area (Å²) in [5.74, 6) is 0.0988. The molecule has 0 saturated heterocycles. The van der Waals surface area contributed by atoms with Crippen LogP contribution in [-0.4, -0.2) is 23.3 Å². The smallest absolute Gasteiger partial charge is 0.310 e. The van der Waals surface area contributed by atoms with Crippen molar-refractivity contribution in [2.75, 3.05) is 6.61 Å². The minimum atomic E-state index is -0.297. The third kappa shape index (κ3) is 8.20. The molecule has 6 nitrogen and oxygen atoms in total. The van der Waals surface area contributed by atoms with Crippen molar-refractivity contribution in [2.24, 2.45) is 0 Å². The molecule has 2 aromatic carbocycles. The van der Waals surface area contributed by atoms with Crippen LogP contribution in [0.15, 0.2) is 59.1 Å². The zero-order valence-electron chi connectivity index (χ0n) is 19.2. The molecule has 0 N–H and O–H groups in total. The molecule has 8 heteroatoms. The van der Waals surface area contributed by atoms with Crippen LogP contribution in [-0.2, 0) is 40.2 Å². The number of ether oxygens (including phenoxy) is 2. The molecule has 0 amide bonds. The Bertz CT molecular complexity index is 1260. The molecule has 0 aliphatic heterocycles. The van der Waals surface area contributed by atoms with Gasteiger partial charge in [-0.3, -0.25) is 9.59 Å². The molecular formula is C27H24BrClN2O4. The van der Waals surface area contributed by atoms with Crippen molar-refractivity contribution < 1.29 is 19.1 Å². The first-order valence-electron chi connectivity index (χ1n) is 11.1. The van der Waals surface area contributed by atoms with Crippen LogP contribution in [0.5, 0.6) is 5.88 Å². The van der Waals surface area contributed by atoms with E-state index >= 15 is 0 Å². The van der Waals surface area contributed by atoms with Crippen LogP contribution in [0.2, 0.25) is 5.15 Å². The largest absolute Gasteiger partial charge is 0.473 e. The summed E-state index contributed by atoms with van der Waals surface area (Å²) >= 11 is 9.38. The maximum absolute atomic E-state index is 12.9. The fourth-order valence-electron chi connectivity index (χ4n) is 3.56. The van der Waals surface area contributed by atoms with Gasteiger partial charge in [0.05, 0.1) is 24.7 Å². The van der Waals surface area contributed by atoms with E-state index in [0.29, 0.717) is 36.0 Å². The number of nitrogens with zero attached hydrogens (tertiary/aromatic N) is 2. The van der Waals surface area contributed by atoms with E-state index in [0.717, 1.165) is 26.7 Å². The first-order chi connectivity index (χ1) is 16.9. The number of Topliss-reactive ketones (excluding diaryl/α,β-unsaturated/α-hetero) is 1. The molecule has 0 aliphatic carbocycles. The number of nitriles is 1.